The molecule has 0 aliphatic heterocycles. The first-order valence-electron chi connectivity index (χ1n) is 5.50. The van der Waals surface area contributed by atoms with Gasteiger partial charge in [0.2, 0.25) is 5.95 Å². The number of aromatic nitrogens is 4. The predicted octanol–water partition coefficient (Wildman–Crippen LogP) is 1.35. The fraction of sp³-hybridized carbons (Fsp3) is 0.167. The van der Waals surface area contributed by atoms with Gasteiger partial charge in [-0.15, -0.1) is 0 Å². The zero-order chi connectivity index (χ0) is 12.7. The molecule has 0 fully saturated rings. The Morgan fingerprint density at radius 1 is 1.33 bits per heavy atom. The van der Waals surface area contributed by atoms with Crippen molar-refractivity contribution in [3.8, 4) is 11.4 Å². The quantitative estimate of drug-likeness (QED) is 0.737. The van der Waals surface area contributed by atoms with Crippen LogP contribution >= 0.6 is 0 Å². The molecule has 2 heterocycles. The van der Waals surface area contributed by atoms with Crippen LogP contribution in [0.4, 0.5) is 5.95 Å². The third-order valence-electron chi connectivity index (χ3n) is 2.84. The zero-order valence-corrected chi connectivity index (χ0v) is 10.2. The highest BCUT2D eigenvalue weighted by atomic mass is 16.5. The number of para-hydroxylation sites is 1. The summed E-state index contributed by atoms with van der Waals surface area (Å²) in [5.41, 5.74) is 8.51. The number of methoxy groups -OCH3 is 1. The first-order chi connectivity index (χ1) is 8.70. The molecule has 0 aliphatic rings. The van der Waals surface area contributed by atoms with E-state index in [2.05, 4.69) is 10.1 Å². The lowest BCUT2D eigenvalue weighted by atomic mass is 10.3. The average molecular weight is 243 g/mol. The van der Waals surface area contributed by atoms with Gasteiger partial charge in [0, 0.05) is 13.2 Å². The van der Waals surface area contributed by atoms with Crippen molar-refractivity contribution in [2.24, 2.45) is 7.05 Å². The number of rotatable bonds is 2. The molecule has 3 rings (SSSR count). The summed E-state index contributed by atoms with van der Waals surface area (Å²) in [5, 5.41) is 4.14. The van der Waals surface area contributed by atoms with Gasteiger partial charge in [-0.05, 0) is 12.1 Å². The van der Waals surface area contributed by atoms with E-state index in [0.29, 0.717) is 11.7 Å². The van der Waals surface area contributed by atoms with Crippen LogP contribution in [-0.4, -0.2) is 26.4 Å². The molecular weight excluding hydrogens is 230 g/mol. The van der Waals surface area contributed by atoms with Gasteiger partial charge in [0.25, 0.3) is 0 Å². The van der Waals surface area contributed by atoms with Gasteiger partial charge < -0.3 is 10.5 Å². The Balaban J connectivity index is 2.33. The monoisotopic (exact) mass is 243 g/mol. The third kappa shape index (κ3) is 1.42. The van der Waals surface area contributed by atoms with Crippen molar-refractivity contribution >= 4 is 17.0 Å². The molecule has 6 heteroatoms. The molecule has 0 unspecified atom stereocenters. The molecule has 1 aromatic carbocycles. The molecule has 0 radical (unpaired) electrons. The molecule has 0 amide bonds. The van der Waals surface area contributed by atoms with Crippen molar-refractivity contribution in [2.45, 2.75) is 0 Å². The van der Waals surface area contributed by atoms with Crippen molar-refractivity contribution in [1.82, 2.24) is 19.3 Å². The SMILES string of the molecule is COc1cccc2c1nc(N)n2-c1cnn(C)c1. The van der Waals surface area contributed by atoms with Crippen molar-refractivity contribution < 1.29 is 4.74 Å². The van der Waals surface area contributed by atoms with Gasteiger partial charge in [-0.25, -0.2) is 4.98 Å². The number of hydrogen-bond acceptors (Lipinski definition) is 4. The number of anilines is 1. The molecule has 6 nitrogen and oxygen atoms in total. The maximum Gasteiger partial charge on any atom is 0.206 e. The summed E-state index contributed by atoms with van der Waals surface area (Å²) in [7, 11) is 3.48. The van der Waals surface area contributed by atoms with Gasteiger partial charge >= 0.3 is 0 Å². The normalized spacial score (nSPS) is 11.0. The van der Waals surface area contributed by atoms with Crippen LogP contribution in [0.1, 0.15) is 0 Å². The number of ether oxygens (including phenoxy) is 1. The molecule has 3 aromatic rings. The molecule has 0 bridgehead atoms. The first-order valence-corrected chi connectivity index (χ1v) is 5.50. The van der Waals surface area contributed by atoms with Crippen LogP contribution in [-0.2, 0) is 7.05 Å². The second-order valence-electron chi connectivity index (χ2n) is 4.01. The van der Waals surface area contributed by atoms with Crippen LogP contribution < -0.4 is 10.5 Å². The zero-order valence-electron chi connectivity index (χ0n) is 10.2. The lowest BCUT2D eigenvalue weighted by Crippen LogP contribution is -1.99. The van der Waals surface area contributed by atoms with E-state index in [1.165, 1.54) is 0 Å². The Labute approximate surface area is 104 Å². The lowest BCUT2D eigenvalue weighted by Gasteiger charge is -2.03. The highest BCUT2D eigenvalue weighted by Crippen LogP contribution is 2.29. The van der Waals surface area contributed by atoms with E-state index >= 15 is 0 Å². The summed E-state index contributed by atoms with van der Waals surface area (Å²) in [4.78, 5) is 4.35. The average Bonchev–Trinajstić information content (AvgIpc) is 2.91. The van der Waals surface area contributed by atoms with Crippen molar-refractivity contribution in [3.63, 3.8) is 0 Å². The molecule has 0 atom stereocenters. The van der Waals surface area contributed by atoms with E-state index in [1.807, 2.05) is 36.0 Å². The highest BCUT2D eigenvalue weighted by molar-refractivity contribution is 5.86. The third-order valence-corrected chi connectivity index (χ3v) is 2.84. The van der Waals surface area contributed by atoms with Gasteiger partial charge in [0.15, 0.2) is 0 Å². The Morgan fingerprint density at radius 3 is 2.83 bits per heavy atom. The van der Waals surface area contributed by atoms with E-state index in [9.17, 15) is 0 Å². The van der Waals surface area contributed by atoms with Crippen LogP contribution in [0.2, 0.25) is 0 Å². The molecule has 18 heavy (non-hydrogen) atoms. The number of imidazole rings is 1. The Hall–Kier alpha value is -2.50. The summed E-state index contributed by atoms with van der Waals surface area (Å²) in [6.45, 7) is 0. The number of fused-ring (bicyclic) bond motifs is 1. The Bertz CT molecular complexity index is 712. The fourth-order valence-electron chi connectivity index (χ4n) is 2.05. The number of hydrogen-bond donors (Lipinski definition) is 1. The van der Waals surface area contributed by atoms with Crippen LogP contribution in [0.3, 0.4) is 0 Å². The molecule has 0 saturated heterocycles. The smallest absolute Gasteiger partial charge is 0.206 e. The van der Waals surface area contributed by atoms with Crippen LogP contribution in [0.25, 0.3) is 16.7 Å². The number of nitrogens with two attached hydrogens (primary N) is 1. The molecule has 0 aliphatic carbocycles. The van der Waals surface area contributed by atoms with E-state index in [-0.39, 0.29) is 0 Å². The van der Waals surface area contributed by atoms with E-state index < -0.39 is 0 Å². The summed E-state index contributed by atoms with van der Waals surface area (Å²) in [5.74, 6) is 1.13. The fourth-order valence-corrected chi connectivity index (χ4v) is 2.05. The van der Waals surface area contributed by atoms with Crippen LogP contribution in [0.5, 0.6) is 5.75 Å². The van der Waals surface area contributed by atoms with E-state index in [1.54, 1.807) is 18.0 Å². The Kier molecular flexibility index (Phi) is 2.22. The Morgan fingerprint density at radius 2 is 2.17 bits per heavy atom. The molecule has 0 spiro atoms. The minimum atomic E-state index is 0.419. The predicted molar refractivity (Wildman–Crippen MR) is 68.8 cm³/mol. The van der Waals surface area contributed by atoms with Crippen molar-refractivity contribution in [2.75, 3.05) is 12.8 Å². The van der Waals surface area contributed by atoms with E-state index in [4.69, 9.17) is 10.5 Å². The summed E-state index contributed by atoms with van der Waals surface area (Å²) >= 11 is 0. The highest BCUT2D eigenvalue weighted by Gasteiger charge is 2.14. The van der Waals surface area contributed by atoms with Gasteiger partial charge in [-0.2, -0.15) is 5.10 Å². The molecule has 92 valence electrons. The van der Waals surface area contributed by atoms with Gasteiger partial charge in [0.1, 0.15) is 11.3 Å². The second kappa shape index (κ2) is 3.76. The molecular formula is C12H13N5O. The number of nitrogens with zero attached hydrogens (tertiary/aromatic N) is 4. The number of nitrogen functional groups attached to an aromatic ring is 1. The summed E-state index contributed by atoms with van der Waals surface area (Å²) in [6, 6.07) is 5.73. The largest absolute Gasteiger partial charge is 0.494 e. The van der Waals surface area contributed by atoms with Gasteiger partial charge in [0.05, 0.1) is 24.5 Å². The van der Waals surface area contributed by atoms with Crippen molar-refractivity contribution in [1.29, 1.82) is 0 Å². The molecule has 2 N–H and O–H groups in total. The van der Waals surface area contributed by atoms with Gasteiger partial charge in [-0.3, -0.25) is 9.25 Å². The number of aryl methyl sites for hydroxylation is 1. The van der Waals surface area contributed by atoms with Crippen LogP contribution in [0.15, 0.2) is 30.6 Å². The molecule has 2 aromatic heterocycles. The molecule has 0 saturated carbocycles. The van der Waals surface area contributed by atoms with Gasteiger partial charge in [-0.1, -0.05) is 6.07 Å². The maximum absolute atomic E-state index is 5.98. The topological polar surface area (TPSA) is 70.9 Å². The number of benzene rings is 1. The second-order valence-corrected chi connectivity index (χ2v) is 4.01. The van der Waals surface area contributed by atoms with E-state index in [0.717, 1.165) is 16.7 Å². The minimum Gasteiger partial charge on any atom is -0.494 e. The summed E-state index contributed by atoms with van der Waals surface area (Å²) in [6.07, 6.45) is 3.63. The lowest BCUT2D eigenvalue weighted by molar-refractivity contribution is 0.419. The van der Waals surface area contributed by atoms with Crippen molar-refractivity contribution in [3.05, 3.63) is 30.6 Å². The standard InChI is InChI=1S/C12H13N5O/c1-16-7-8(6-14-16)17-9-4-3-5-10(18-2)11(9)15-12(17)13/h3-7H,1-2H3,(H2,13,15). The minimum absolute atomic E-state index is 0.419. The maximum atomic E-state index is 5.98. The first kappa shape index (κ1) is 10.6. The van der Waals surface area contributed by atoms with Crippen LogP contribution in [0, 0.1) is 0 Å². The summed E-state index contributed by atoms with van der Waals surface area (Å²) < 4.78 is 8.86.